The number of ether oxygens (including phenoxy) is 3. The van der Waals surface area contributed by atoms with Gasteiger partial charge < -0.3 is 28.9 Å². The number of benzene rings is 4. The topological polar surface area (TPSA) is 149 Å². The van der Waals surface area contributed by atoms with Crippen LogP contribution in [0.3, 0.4) is 0 Å². The molecule has 0 spiro atoms. The zero-order valence-electron chi connectivity index (χ0n) is 42.7. The van der Waals surface area contributed by atoms with Crippen LogP contribution in [0.1, 0.15) is 87.5 Å². The molecule has 1 aliphatic rings. The molecule has 14 heteroatoms. The Labute approximate surface area is 419 Å². The highest BCUT2D eigenvalue weighted by Gasteiger charge is 2.13. The number of hydrogen-bond acceptors (Lipinski definition) is 11. The molecule has 4 aromatic carbocycles. The monoisotopic (exact) mass is 960 g/mol. The SMILES string of the molecule is CCCCN(C)Cc1[nH]nc2ccc(OCC3=NCC=C3)cc12.CCCCN(C)Cc1[nH]nc2ccc(OCc3ccccc3)cc12.CCCCN(C)Cc1[nH]nc2ccc(OCc3ccncc3)cc12. The lowest BCUT2D eigenvalue weighted by molar-refractivity contribution is 0.306. The highest BCUT2D eigenvalue weighted by molar-refractivity contribution is 5.97. The molecular weight excluding hydrogens is 887 g/mol. The predicted molar refractivity (Wildman–Crippen MR) is 288 cm³/mol. The fraction of sp³-hybridized carbons (Fsp3) is 0.386. The average molecular weight is 960 g/mol. The standard InChI is InChI=1S/C20H25N3O.C19H24N4O.C18H24N4O/c1-3-4-12-23(2)14-20-18-13-17(10-11-19(18)21-22-20)24-15-16-8-6-5-7-9-16;1-3-4-11-23(2)13-19-17-12-16(5-6-18(17)21-22-19)24-14-15-7-9-20-10-8-15;1-3-4-10-22(2)12-18-16-11-15(7-8-17(16)20-21-18)23-13-14-6-5-9-19-14/h5-11,13H,3-4,12,14-15H2,1-2H3,(H,21,22);5-10,12H,3-4,11,13-14H2,1-2H3,(H,21,22);5-8,11H,3-4,9-10,12-13H2,1-2H3,(H,20,21). The lowest BCUT2D eigenvalue weighted by Crippen LogP contribution is -2.19. The zero-order valence-corrected chi connectivity index (χ0v) is 42.7. The number of aromatic nitrogens is 7. The first-order valence-corrected chi connectivity index (χ1v) is 25.3. The number of pyridine rings is 1. The van der Waals surface area contributed by atoms with E-state index in [1.54, 1.807) is 12.4 Å². The molecule has 9 rings (SSSR count). The fourth-order valence-electron chi connectivity index (χ4n) is 8.14. The third-order valence-electron chi connectivity index (χ3n) is 12.3. The summed E-state index contributed by atoms with van der Waals surface area (Å²) in [5.74, 6) is 2.60. The van der Waals surface area contributed by atoms with Crippen LogP contribution in [-0.4, -0.2) is 110 Å². The molecule has 0 fully saturated rings. The van der Waals surface area contributed by atoms with Crippen LogP contribution in [0.2, 0.25) is 0 Å². The van der Waals surface area contributed by atoms with E-state index in [1.807, 2.05) is 78.9 Å². The lowest BCUT2D eigenvalue weighted by atomic mass is 10.2. The second-order valence-electron chi connectivity index (χ2n) is 18.4. The number of hydrogen-bond donors (Lipinski definition) is 3. The van der Waals surface area contributed by atoms with Crippen molar-refractivity contribution in [1.82, 2.24) is 50.3 Å². The van der Waals surface area contributed by atoms with Crippen LogP contribution in [0.4, 0.5) is 0 Å². The molecule has 0 amide bonds. The molecular formula is C57H73N11O3. The smallest absolute Gasteiger partial charge is 0.130 e. The van der Waals surface area contributed by atoms with Crippen molar-refractivity contribution in [2.24, 2.45) is 4.99 Å². The number of aromatic amines is 3. The van der Waals surface area contributed by atoms with Crippen LogP contribution in [0.5, 0.6) is 17.2 Å². The van der Waals surface area contributed by atoms with Gasteiger partial charge in [0.2, 0.25) is 0 Å². The van der Waals surface area contributed by atoms with E-state index in [1.165, 1.54) is 44.1 Å². The Hall–Kier alpha value is -6.87. The number of rotatable bonds is 24. The van der Waals surface area contributed by atoms with E-state index in [9.17, 15) is 0 Å². The second-order valence-corrected chi connectivity index (χ2v) is 18.4. The van der Waals surface area contributed by atoms with Crippen molar-refractivity contribution in [2.75, 3.05) is 53.9 Å². The van der Waals surface area contributed by atoms with Crippen LogP contribution >= 0.6 is 0 Å². The average Bonchev–Trinajstić information content (AvgIpc) is 4.24. The van der Waals surface area contributed by atoms with Gasteiger partial charge in [-0.3, -0.25) is 25.3 Å². The van der Waals surface area contributed by atoms with Gasteiger partial charge in [-0.25, -0.2) is 0 Å². The van der Waals surface area contributed by atoms with Gasteiger partial charge in [-0.2, -0.15) is 15.3 Å². The van der Waals surface area contributed by atoms with E-state index in [0.29, 0.717) is 19.8 Å². The number of unbranched alkanes of at least 4 members (excludes halogenated alkanes) is 3. The van der Waals surface area contributed by atoms with E-state index in [4.69, 9.17) is 14.2 Å². The first-order valence-electron chi connectivity index (χ1n) is 25.3. The molecule has 0 unspecified atom stereocenters. The Balaban J connectivity index is 0.000000157. The van der Waals surface area contributed by atoms with Crippen LogP contribution in [0.15, 0.2) is 127 Å². The van der Waals surface area contributed by atoms with Crippen molar-refractivity contribution in [3.05, 3.63) is 150 Å². The fourth-order valence-corrected chi connectivity index (χ4v) is 8.14. The molecule has 3 N–H and O–H groups in total. The van der Waals surface area contributed by atoms with Gasteiger partial charge in [0.25, 0.3) is 0 Å². The van der Waals surface area contributed by atoms with Crippen LogP contribution in [0, 0.1) is 0 Å². The number of nitrogens with one attached hydrogen (secondary N) is 3. The number of nitrogens with zero attached hydrogens (tertiary/aromatic N) is 8. The maximum absolute atomic E-state index is 5.94. The van der Waals surface area contributed by atoms with E-state index in [0.717, 1.165) is 124 Å². The van der Waals surface area contributed by atoms with Gasteiger partial charge in [0, 0.05) is 48.2 Å². The Morgan fingerprint density at radius 1 is 0.493 bits per heavy atom. The Kier molecular flexibility index (Phi) is 20.1. The summed E-state index contributed by atoms with van der Waals surface area (Å²) in [4.78, 5) is 15.3. The minimum Gasteiger partial charge on any atom is -0.489 e. The zero-order chi connectivity index (χ0) is 49.6. The molecule has 0 bridgehead atoms. The molecule has 1 aliphatic heterocycles. The molecule has 0 atom stereocenters. The molecule has 0 aliphatic carbocycles. The second kappa shape index (κ2) is 27.5. The van der Waals surface area contributed by atoms with Crippen molar-refractivity contribution < 1.29 is 14.2 Å². The number of aliphatic imine (C=N–C) groups is 1. The Morgan fingerprint density at radius 3 is 1.30 bits per heavy atom. The van der Waals surface area contributed by atoms with Crippen LogP contribution in [-0.2, 0) is 32.8 Å². The summed E-state index contributed by atoms with van der Waals surface area (Å²) < 4.78 is 17.7. The third kappa shape index (κ3) is 16.1. The molecule has 14 nitrogen and oxygen atoms in total. The van der Waals surface area contributed by atoms with E-state index in [-0.39, 0.29) is 0 Å². The summed E-state index contributed by atoms with van der Waals surface area (Å²) in [6.45, 7) is 15.0. The summed E-state index contributed by atoms with van der Waals surface area (Å²) >= 11 is 0. The summed E-state index contributed by atoms with van der Waals surface area (Å²) in [6.07, 6.45) is 14.9. The molecule has 0 saturated carbocycles. The van der Waals surface area contributed by atoms with Crippen molar-refractivity contribution in [3.63, 3.8) is 0 Å². The highest BCUT2D eigenvalue weighted by atomic mass is 16.5. The largest absolute Gasteiger partial charge is 0.489 e. The molecule has 8 aromatic rings. The minimum absolute atomic E-state index is 0.519. The van der Waals surface area contributed by atoms with Gasteiger partial charge in [-0.1, -0.05) is 76.4 Å². The van der Waals surface area contributed by atoms with Crippen LogP contribution < -0.4 is 14.2 Å². The maximum atomic E-state index is 5.94. The van der Waals surface area contributed by atoms with E-state index < -0.39 is 0 Å². The predicted octanol–water partition coefficient (Wildman–Crippen LogP) is 11.3. The Morgan fingerprint density at radius 2 is 0.901 bits per heavy atom. The maximum Gasteiger partial charge on any atom is 0.130 e. The molecule has 5 heterocycles. The summed E-state index contributed by atoms with van der Waals surface area (Å²) in [5, 5.41) is 26.1. The first-order chi connectivity index (χ1) is 34.8. The van der Waals surface area contributed by atoms with E-state index in [2.05, 4.69) is 128 Å². The normalized spacial score (nSPS) is 12.2. The van der Waals surface area contributed by atoms with Crippen molar-refractivity contribution in [2.45, 2.75) is 92.1 Å². The van der Waals surface area contributed by atoms with E-state index >= 15 is 0 Å². The number of fused-ring (bicyclic) bond motifs is 3. The highest BCUT2D eigenvalue weighted by Crippen LogP contribution is 2.26. The van der Waals surface area contributed by atoms with Gasteiger partial charge in [0.15, 0.2) is 0 Å². The first kappa shape index (κ1) is 52.0. The Bertz CT molecular complexity index is 2740. The van der Waals surface area contributed by atoms with Crippen molar-refractivity contribution in [1.29, 1.82) is 0 Å². The number of H-pyrrole nitrogens is 3. The summed E-state index contributed by atoms with van der Waals surface area (Å²) in [6, 6.07) is 32.3. The van der Waals surface area contributed by atoms with Gasteiger partial charge in [0.1, 0.15) is 37.1 Å². The van der Waals surface area contributed by atoms with Gasteiger partial charge in [-0.05, 0) is 144 Å². The minimum atomic E-state index is 0.519. The van der Waals surface area contributed by atoms with Crippen LogP contribution in [0.25, 0.3) is 32.7 Å². The molecule has 0 radical (unpaired) electrons. The molecule has 374 valence electrons. The summed E-state index contributed by atoms with van der Waals surface area (Å²) in [7, 11) is 6.44. The van der Waals surface area contributed by atoms with Crippen molar-refractivity contribution in [3.8, 4) is 17.2 Å². The molecule has 0 saturated heterocycles. The van der Waals surface area contributed by atoms with Gasteiger partial charge >= 0.3 is 0 Å². The van der Waals surface area contributed by atoms with Gasteiger partial charge in [0.05, 0.1) is 45.9 Å². The molecule has 4 aromatic heterocycles. The van der Waals surface area contributed by atoms with Gasteiger partial charge in [-0.15, -0.1) is 0 Å². The molecule has 71 heavy (non-hydrogen) atoms. The third-order valence-corrected chi connectivity index (χ3v) is 12.3. The quantitative estimate of drug-likeness (QED) is 0.0534. The lowest BCUT2D eigenvalue weighted by Gasteiger charge is -2.15. The van der Waals surface area contributed by atoms with Crippen molar-refractivity contribution >= 4 is 38.4 Å². The summed E-state index contributed by atoms with van der Waals surface area (Å²) in [5.41, 5.74) is 9.65.